The van der Waals surface area contributed by atoms with E-state index in [2.05, 4.69) is 122 Å². The monoisotopic (exact) mass is 1020 g/mol. The maximum atomic E-state index is 7.56. The molecule has 6 aromatic heterocycles. The van der Waals surface area contributed by atoms with Gasteiger partial charge in [-0.05, 0) is 238 Å². The topological polar surface area (TPSA) is 56.5 Å². The summed E-state index contributed by atoms with van der Waals surface area (Å²) < 4.78 is 17.8. The third-order valence-corrected chi connectivity index (χ3v) is 25.3. The van der Waals surface area contributed by atoms with Gasteiger partial charge in [0.15, 0.2) is 0 Å². The Balaban J connectivity index is 0.929. The molecule has 22 rings (SSSR count). The van der Waals surface area contributed by atoms with Crippen molar-refractivity contribution in [1.82, 2.24) is 14.4 Å². The maximum absolute atomic E-state index is 7.56. The lowest BCUT2D eigenvalue weighted by molar-refractivity contribution is 0.00321. The highest BCUT2D eigenvalue weighted by atomic mass is 16.3. The number of fused-ring (bicyclic) bond motifs is 28. The quantitative estimate of drug-likeness (QED) is 0.173. The number of hydrogen-bond acceptors (Lipinski definition) is 4. The zero-order valence-corrected chi connectivity index (χ0v) is 45.4. The molecule has 0 amide bonds. The summed E-state index contributed by atoms with van der Waals surface area (Å²) >= 11 is 0. The number of pyridine rings is 2. The van der Waals surface area contributed by atoms with E-state index in [-0.39, 0.29) is 5.41 Å². The standard InChI is InChI=1S/C74H61N3O2/c1-72(2,3)42-18-36-14-16-47-58-48(17-15-37(19-42)55(36)58)60-64-54(33-76-71-66(64)62-50(35-12-8-5-9-13-35)27-52-39-21-44-25-46-23-41(31-74(44,46)29-39)57(52)69(62)79-71)77-53-32-75-70-65(63(53)59(47)67(60)77)61-49(34-10-6-4-7-11-34)26-51-38-20-43-24-45-22-40(30-73(43,45)28-38)56(51)68(61)78-70/h4-13,18-19,26-27,32-33,38-41,43-46H,14-17,20-25,28-31H2,1-3H3. The van der Waals surface area contributed by atoms with Gasteiger partial charge in [-0.1, -0.05) is 93.6 Å². The highest BCUT2D eigenvalue weighted by Crippen LogP contribution is 2.78. The molecule has 10 unspecified atom stereocenters. The molecule has 5 heteroatoms. The van der Waals surface area contributed by atoms with E-state index < -0.39 is 0 Å². The molecule has 10 aliphatic carbocycles. The van der Waals surface area contributed by atoms with Crippen LogP contribution in [0.3, 0.4) is 0 Å². The Labute approximate surface area is 458 Å². The first-order valence-corrected chi connectivity index (χ1v) is 30.8. The van der Waals surface area contributed by atoms with Crippen molar-refractivity contribution in [3.8, 4) is 33.4 Å². The Bertz CT molecular complexity index is 4620. The van der Waals surface area contributed by atoms with Crippen LogP contribution in [0, 0.1) is 34.5 Å². The second-order valence-electron chi connectivity index (χ2n) is 29.1. The largest absolute Gasteiger partial charge is 0.437 e. The number of rotatable bonds is 2. The average molecular weight is 1020 g/mol. The minimum atomic E-state index is 0.0691. The minimum Gasteiger partial charge on any atom is -0.437 e. The Hall–Kier alpha value is -6.98. The number of furan rings is 2. The van der Waals surface area contributed by atoms with Gasteiger partial charge in [-0.2, -0.15) is 0 Å². The summed E-state index contributed by atoms with van der Waals surface area (Å²) in [6.07, 6.45) is 22.1. The second kappa shape index (κ2) is 13.3. The van der Waals surface area contributed by atoms with Crippen molar-refractivity contribution in [1.29, 1.82) is 0 Å². The molecule has 10 atom stereocenters. The molecule has 384 valence electrons. The number of aromatic nitrogens is 3. The lowest BCUT2D eigenvalue weighted by Gasteiger charge is -2.48. The summed E-state index contributed by atoms with van der Waals surface area (Å²) in [5, 5.41) is 10.4. The summed E-state index contributed by atoms with van der Waals surface area (Å²) in [6, 6.07) is 33.2. The minimum absolute atomic E-state index is 0.0691. The van der Waals surface area contributed by atoms with Crippen molar-refractivity contribution in [3.05, 3.63) is 147 Å². The maximum Gasteiger partial charge on any atom is 0.228 e. The van der Waals surface area contributed by atoms with E-state index in [0.29, 0.717) is 34.5 Å². The van der Waals surface area contributed by atoms with Crippen LogP contribution in [0.2, 0.25) is 0 Å². The molecular formula is C74H61N3O2. The molecule has 79 heavy (non-hydrogen) atoms. The van der Waals surface area contributed by atoms with Gasteiger partial charge >= 0.3 is 0 Å². The molecule has 5 nitrogen and oxygen atoms in total. The third kappa shape index (κ3) is 4.61. The van der Waals surface area contributed by atoms with Crippen LogP contribution in [-0.2, 0) is 31.1 Å². The van der Waals surface area contributed by atoms with Crippen LogP contribution in [0.25, 0.3) is 116 Å². The SMILES string of the molecule is CC(C)(C)c1cc2c3c(c1)CCc1c-3c(c3c4c5c(ncc4n4c6cnc7oc8c9c(cc(-c%10ccccc%10)c8c7c6c1c34)C1CC3CC4CC9CC34C1)oc1c3c(cc(-c4ccccc4)c15)C1CC4CC5CC3CC45C1)CC2. The summed E-state index contributed by atoms with van der Waals surface area (Å²) in [6.45, 7) is 7.19. The fourth-order valence-corrected chi connectivity index (χ4v) is 22.4. The van der Waals surface area contributed by atoms with Gasteiger partial charge in [0, 0.05) is 43.4 Å². The zero-order chi connectivity index (χ0) is 51.1. The van der Waals surface area contributed by atoms with Crippen molar-refractivity contribution >= 4 is 82.2 Å². The van der Waals surface area contributed by atoms with Crippen molar-refractivity contribution < 1.29 is 8.83 Å². The number of aryl methyl sites for hydroxylation is 4. The highest BCUT2D eigenvalue weighted by molar-refractivity contribution is 6.39. The summed E-state index contributed by atoms with van der Waals surface area (Å²) in [7, 11) is 0. The predicted octanol–water partition coefficient (Wildman–Crippen LogP) is 18.7. The second-order valence-corrected chi connectivity index (χ2v) is 29.1. The van der Waals surface area contributed by atoms with Crippen molar-refractivity contribution in [2.75, 3.05) is 0 Å². The van der Waals surface area contributed by atoms with Gasteiger partial charge in [-0.25, -0.2) is 9.97 Å². The van der Waals surface area contributed by atoms with E-state index in [4.69, 9.17) is 18.8 Å². The Kier molecular flexibility index (Phi) is 7.05. The third-order valence-electron chi connectivity index (χ3n) is 25.3. The molecule has 0 aliphatic heterocycles. The zero-order valence-electron chi connectivity index (χ0n) is 45.4. The van der Waals surface area contributed by atoms with Crippen LogP contribution in [0.5, 0.6) is 0 Å². The van der Waals surface area contributed by atoms with Gasteiger partial charge in [0.2, 0.25) is 11.4 Å². The number of hydrogen-bond donors (Lipinski definition) is 0. The van der Waals surface area contributed by atoms with Gasteiger partial charge in [0.05, 0.1) is 39.7 Å². The van der Waals surface area contributed by atoms with Crippen LogP contribution in [-0.4, -0.2) is 14.4 Å². The summed E-state index contributed by atoms with van der Waals surface area (Å²) in [5.41, 5.74) is 30.7. The summed E-state index contributed by atoms with van der Waals surface area (Å²) in [5.74, 6) is 5.86. The van der Waals surface area contributed by atoms with Gasteiger partial charge in [0.1, 0.15) is 11.2 Å². The van der Waals surface area contributed by atoms with Gasteiger partial charge in [-0.15, -0.1) is 0 Å². The lowest BCUT2D eigenvalue weighted by atomic mass is 9.56. The fourth-order valence-electron chi connectivity index (χ4n) is 22.4. The highest BCUT2D eigenvalue weighted by Gasteiger charge is 2.67. The van der Waals surface area contributed by atoms with Crippen LogP contribution in [0.15, 0.2) is 106 Å². The van der Waals surface area contributed by atoms with Crippen LogP contribution in [0.1, 0.15) is 159 Å². The van der Waals surface area contributed by atoms with E-state index >= 15 is 0 Å². The first-order chi connectivity index (χ1) is 38.7. The molecule has 0 radical (unpaired) electrons. The molecule has 2 spiro atoms. The molecule has 12 aromatic rings. The van der Waals surface area contributed by atoms with Crippen molar-refractivity contribution in [3.63, 3.8) is 0 Å². The van der Waals surface area contributed by atoms with Gasteiger partial charge < -0.3 is 13.2 Å². The fraction of sp³-hybridized carbons (Fsp3) is 0.378. The lowest BCUT2D eigenvalue weighted by Crippen LogP contribution is -2.41. The van der Waals surface area contributed by atoms with E-state index in [0.717, 1.165) is 71.9 Å². The van der Waals surface area contributed by atoms with Gasteiger partial charge in [-0.3, -0.25) is 0 Å². The van der Waals surface area contributed by atoms with E-state index in [1.54, 1.807) is 11.1 Å². The molecule has 6 saturated carbocycles. The molecule has 0 N–H and O–H groups in total. The molecule has 6 fully saturated rings. The normalized spacial score (nSPS) is 29.9. The van der Waals surface area contributed by atoms with E-state index in [1.807, 2.05) is 0 Å². The smallest absolute Gasteiger partial charge is 0.228 e. The Morgan fingerprint density at radius 3 is 1.41 bits per heavy atom. The van der Waals surface area contributed by atoms with Crippen LogP contribution in [0.4, 0.5) is 0 Å². The molecule has 6 heterocycles. The van der Waals surface area contributed by atoms with E-state index in [9.17, 15) is 0 Å². The number of benzene rings is 6. The first-order valence-electron chi connectivity index (χ1n) is 30.8. The van der Waals surface area contributed by atoms with Crippen LogP contribution >= 0.6 is 0 Å². The molecule has 0 saturated heterocycles. The first kappa shape index (κ1) is 42.0. The number of nitrogens with zero attached hydrogens (tertiary/aromatic N) is 3. The molecule has 10 aliphatic rings. The Morgan fingerprint density at radius 1 is 0.481 bits per heavy atom. The molecular weight excluding hydrogens is 963 g/mol. The van der Waals surface area contributed by atoms with Gasteiger partial charge in [0.25, 0.3) is 0 Å². The molecule has 6 bridgehead atoms. The Morgan fingerprint density at radius 2 is 0.937 bits per heavy atom. The predicted molar refractivity (Wildman–Crippen MR) is 317 cm³/mol. The van der Waals surface area contributed by atoms with Crippen molar-refractivity contribution in [2.24, 2.45) is 34.5 Å². The molecule has 6 aromatic carbocycles. The average Bonchev–Trinajstić information content (AvgIpc) is 3.94. The van der Waals surface area contributed by atoms with Crippen LogP contribution < -0.4 is 0 Å². The van der Waals surface area contributed by atoms with Crippen molar-refractivity contribution in [2.45, 2.75) is 140 Å². The van der Waals surface area contributed by atoms with E-state index in [1.165, 1.54) is 196 Å². The summed E-state index contributed by atoms with van der Waals surface area (Å²) in [4.78, 5) is 11.1.